The number of anilines is 1. The summed E-state index contributed by atoms with van der Waals surface area (Å²) >= 11 is 5.82. The number of rotatable bonds is 2. The van der Waals surface area contributed by atoms with Crippen LogP contribution >= 0.6 is 24.0 Å². The number of nitrogens with one attached hydrogen (secondary N) is 2. The lowest BCUT2D eigenvalue weighted by Crippen LogP contribution is -2.22. The maximum atomic E-state index is 5.82. The first kappa shape index (κ1) is 13.3. The minimum Gasteiger partial charge on any atom is -0.380 e. The quantitative estimate of drug-likeness (QED) is 0.832. The van der Waals surface area contributed by atoms with Crippen molar-refractivity contribution in [2.24, 2.45) is 0 Å². The predicted octanol–water partition coefficient (Wildman–Crippen LogP) is 2.48. The molecule has 0 aromatic carbocycles. The maximum absolute atomic E-state index is 5.82. The number of aromatic nitrogens is 2. The summed E-state index contributed by atoms with van der Waals surface area (Å²) in [6.07, 6.45) is 2.96. The first-order valence-electron chi connectivity index (χ1n) is 5.71. The van der Waals surface area contributed by atoms with Crippen molar-refractivity contribution in [3.05, 3.63) is 29.5 Å². The van der Waals surface area contributed by atoms with Gasteiger partial charge in [-0.3, -0.25) is 0 Å². The molecule has 3 rings (SSSR count). The van der Waals surface area contributed by atoms with E-state index in [1.165, 1.54) is 0 Å². The van der Waals surface area contributed by atoms with Crippen molar-refractivity contribution in [3.8, 4) is 0 Å². The fourth-order valence-corrected chi connectivity index (χ4v) is 2.22. The summed E-state index contributed by atoms with van der Waals surface area (Å²) in [5.41, 5.74) is 1.72. The van der Waals surface area contributed by atoms with Gasteiger partial charge in [0, 0.05) is 18.0 Å². The molecular formula is C12H14Cl2N4. The topological polar surface area (TPSA) is 49.8 Å². The highest BCUT2D eigenvalue weighted by atomic mass is 35.5. The zero-order chi connectivity index (χ0) is 11.7. The standard InChI is InChI=1S/C12H13ClN4.ClH/c13-11-2-1-8-5-10(7-15-12(8)17-11)16-9-3-4-14-6-9;/h1-2,5,7,9,14,16H,3-4,6H2;1H. The van der Waals surface area contributed by atoms with E-state index < -0.39 is 0 Å². The Labute approximate surface area is 117 Å². The van der Waals surface area contributed by atoms with E-state index in [2.05, 4.69) is 26.7 Å². The summed E-state index contributed by atoms with van der Waals surface area (Å²) in [5, 5.41) is 8.27. The molecule has 1 aliphatic heterocycles. The van der Waals surface area contributed by atoms with Crippen molar-refractivity contribution in [1.82, 2.24) is 15.3 Å². The van der Waals surface area contributed by atoms with E-state index in [0.717, 1.165) is 30.6 Å². The normalized spacial score (nSPS) is 18.6. The van der Waals surface area contributed by atoms with Gasteiger partial charge < -0.3 is 10.6 Å². The molecule has 0 amide bonds. The molecular weight excluding hydrogens is 271 g/mol. The summed E-state index contributed by atoms with van der Waals surface area (Å²) in [4.78, 5) is 8.47. The van der Waals surface area contributed by atoms with Crippen LogP contribution in [0.4, 0.5) is 5.69 Å². The summed E-state index contributed by atoms with van der Waals surface area (Å²) in [7, 11) is 0. The second kappa shape index (κ2) is 5.69. The summed E-state index contributed by atoms with van der Waals surface area (Å²) < 4.78 is 0. The zero-order valence-electron chi connectivity index (χ0n) is 9.69. The number of pyridine rings is 2. The van der Waals surface area contributed by atoms with Crippen LogP contribution in [0.25, 0.3) is 11.0 Å². The van der Waals surface area contributed by atoms with Gasteiger partial charge in [0.1, 0.15) is 5.15 Å². The van der Waals surface area contributed by atoms with Crippen LogP contribution in [-0.2, 0) is 0 Å². The van der Waals surface area contributed by atoms with E-state index in [4.69, 9.17) is 11.6 Å². The lowest BCUT2D eigenvalue weighted by molar-refractivity contribution is 0.793. The molecule has 1 saturated heterocycles. The van der Waals surface area contributed by atoms with Gasteiger partial charge >= 0.3 is 0 Å². The minimum absolute atomic E-state index is 0. The van der Waals surface area contributed by atoms with Gasteiger partial charge in [-0.1, -0.05) is 11.6 Å². The van der Waals surface area contributed by atoms with Gasteiger partial charge in [-0.2, -0.15) is 0 Å². The van der Waals surface area contributed by atoms with E-state index in [0.29, 0.717) is 16.8 Å². The Balaban J connectivity index is 0.00000120. The Kier molecular flexibility index (Phi) is 4.22. The zero-order valence-corrected chi connectivity index (χ0v) is 11.3. The summed E-state index contributed by atoms with van der Waals surface area (Å²) in [6.45, 7) is 2.09. The van der Waals surface area contributed by atoms with E-state index in [1.54, 1.807) is 6.07 Å². The maximum Gasteiger partial charge on any atom is 0.160 e. The first-order chi connectivity index (χ1) is 8.31. The van der Waals surface area contributed by atoms with Crippen LogP contribution in [0.2, 0.25) is 5.15 Å². The fourth-order valence-electron chi connectivity index (χ4n) is 2.08. The van der Waals surface area contributed by atoms with E-state index in [-0.39, 0.29) is 12.4 Å². The van der Waals surface area contributed by atoms with Gasteiger partial charge in [0.2, 0.25) is 0 Å². The van der Waals surface area contributed by atoms with Gasteiger partial charge in [-0.15, -0.1) is 12.4 Å². The SMILES string of the molecule is Cl.Clc1ccc2cc(NC3CCNC3)cnc2n1. The summed E-state index contributed by atoms with van der Waals surface area (Å²) in [5.74, 6) is 0. The summed E-state index contributed by atoms with van der Waals surface area (Å²) in [6, 6.07) is 6.28. The smallest absolute Gasteiger partial charge is 0.160 e. The largest absolute Gasteiger partial charge is 0.380 e. The van der Waals surface area contributed by atoms with Gasteiger partial charge in [0.25, 0.3) is 0 Å². The molecule has 1 fully saturated rings. The van der Waals surface area contributed by atoms with Crippen LogP contribution in [0.15, 0.2) is 24.4 Å². The lowest BCUT2D eigenvalue weighted by Gasteiger charge is -2.12. The molecule has 6 heteroatoms. The Morgan fingerprint density at radius 2 is 2.28 bits per heavy atom. The molecule has 4 nitrogen and oxygen atoms in total. The molecule has 3 heterocycles. The minimum atomic E-state index is 0. The molecule has 96 valence electrons. The van der Waals surface area contributed by atoms with Crippen molar-refractivity contribution in [1.29, 1.82) is 0 Å². The first-order valence-corrected chi connectivity index (χ1v) is 6.08. The second-order valence-electron chi connectivity index (χ2n) is 4.24. The van der Waals surface area contributed by atoms with E-state index >= 15 is 0 Å². The van der Waals surface area contributed by atoms with E-state index in [9.17, 15) is 0 Å². The third-order valence-corrected chi connectivity index (χ3v) is 3.15. The van der Waals surface area contributed by atoms with Crippen LogP contribution in [0.3, 0.4) is 0 Å². The molecule has 2 N–H and O–H groups in total. The van der Waals surface area contributed by atoms with Crippen molar-refractivity contribution in [3.63, 3.8) is 0 Å². The van der Waals surface area contributed by atoms with Gasteiger partial charge in [-0.05, 0) is 31.2 Å². The molecule has 0 bridgehead atoms. The number of nitrogens with zero attached hydrogens (tertiary/aromatic N) is 2. The number of fused-ring (bicyclic) bond motifs is 1. The van der Waals surface area contributed by atoms with E-state index in [1.807, 2.05) is 12.3 Å². The van der Waals surface area contributed by atoms with Crippen LogP contribution in [0, 0.1) is 0 Å². The Morgan fingerprint density at radius 1 is 1.39 bits per heavy atom. The van der Waals surface area contributed by atoms with Crippen LogP contribution in [-0.4, -0.2) is 29.1 Å². The molecule has 1 unspecified atom stereocenters. The van der Waals surface area contributed by atoms with Crippen LogP contribution in [0.5, 0.6) is 0 Å². The molecule has 0 radical (unpaired) electrons. The molecule has 1 aliphatic rings. The molecule has 18 heavy (non-hydrogen) atoms. The molecule has 0 saturated carbocycles. The Hall–Kier alpha value is -1.10. The number of halogens is 2. The Morgan fingerprint density at radius 3 is 3.06 bits per heavy atom. The molecule has 1 atom stereocenters. The number of hydrogen-bond donors (Lipinski definition) is 2. The van der Waals surface area contributed by atoms with Crippen molar-refractivity contribution in [2.45, 2.75) is 12.5 Å². The highest BCUT2D eigenvalue weighted by Crippen LogP contribution is 2.18. The van der Waals surface area contributed by atoms with Crippen molar-refractivity contribution >= 4 is 40.7 Å². The molecule has 2 aromatic rings. The van der Waals surface area contributed by atoms with Gasteiger partial charge in [0.15, 0.2) is 5.65 Å². The lowest BCUT2D eigenvalue weighted by atomic mass is 10.2. The van der Waals surface area contributed by atoms with Gasteiger partial charge in [-0.25, -0.2) is 9.97 Å². The average molecular weight is 285 g/mol. The average Bonchev–Trinajstić information content (AvgIpc) is 2.82. The predicted molar refractivity (Wildman–Crippen MR) is 76.7 cm³/mol. The highest BCUT2D eigenvalue weighted by molar-refractivity contribution is 6.29. The van der Waals surface area contributed by atoms with Crippen molar-refractivity contribution < 1.29 is 0 Å². The van der Waals surface area contributed by atoms with Crippen molar-refractivity contribution in [2.75, 3.05) is 18.4 Å². The molecule has 0 aliphatic carbocycles. The molecule has 2 aromatic heterocycles. The number of hydrogen-bond acceptors (Lipinski definition) is 4. The van der Waals surface area contributed by atoms with Crippen LogP contribution < -0.4 is 10.6 Å². The monoisotopic (exact) mass is 284 g/mol. The second-order valence-corrected chi connectivity index (χ2v) is 4.63. The van der Waals surface area contributed by atoms with Gasteiger partial charge in [0.05, 0.1) is 11.9 Å². The molecule has 0 spiro atoms. The highest BCUT2D eigenvalue weighted by Gasteiger charge is 2.13. The third kappa shape index (κ3) is 2.83. The fraction of sp³-hybridized carbons (Fsp3) is 0.333. The third-order valence-electron chi connectivity index (χ3n) is 2.94. The Bertz CT molecular complexity index is 541. The van der Waals surface area contributed by atoms with Crippen LogP contribution in [0.1, 0.15) is 6.42 Å².